The third-order valence-corrected chi connectivity index (χ3v) is 4.13. The van der Waals surface area contributed by atoms with Crippen LogP contribution < -0.4 is 10.6 Å². The molecular formula is C20H26N2O. The fraction of sp³-hybridized carbons (Fsp3) is 0.350. The Balaban J connectivity index is 1.97. The van der Waals surface area contributed by atoms with Crippen LogP contribution in [0.2, 0.25) is 0 Å². The number of rotatable bonds is 5. The molecule has 0 bridgehead atoms. The van der Waals surface area contributed by atoms with Crippen molar-refractivity contribution >= 4 is 17.3 Å². The van der Waals surface area contributed by atoms with E-state index in [1.165, 1.54) is 16.7 Å². The predicted octanol–water partition coefficient (Wildman–Crippen LogP) is 4.87. The molecule has 122 valence electrons. The van der Waals surface area contributed by atoms with Gasteiger partial charge in [0.2, 0.25) is 5.91 Å². The van der Waals surface area contributed by atoms with Gasteiger partial charge in [-0.3, -0.25) is 4.79 Å². The van der Waals surface area contributed by atoms with Gasteiger partial charge in [-0.1, -0.05) is 32.0 Å². The lowest BCUT2D eigenvalue weighted by molar-refractivity contribution is -0.116. The smallest absolute Gasteiger partial charge is 0.246 e. The Morgan fingerprint density at radius 2 is 1.48 bits per heavy atom. The topological polar surface area (TPSA) is 41.1 Å². The number of nitrogens with one attached hydrogen (secondary N) is 2. The number of anilines is 2. The van der Waals surface area contributed by atoms with Crippen LogP contribution in [0.1, 0.15) is 43.4 Å². The largest absolute Gasteiger partial charge is 0.374 e. The lowest BCUT2D eigenvalue weighted by atomic mass is 10.0. The molecule has 0 aliphatic rings. The van der Waals surface area contributed by atoms with E-state index in [2.05, 4.69) is 43.5 Å². The zero-order valence-corrected chi connectivity index (χ0v) is 14.6. The first-order valence-corrected chi connectivity index (χ1v) is 8.11. The minimum Gasteiger partial charge on any atom is -0.374 e. The molecule has 0 fully saturated rings. The Bertz CT molecular complexity index is 675. The Kier molecular flexibility index (Phi) is 5.43. The van der Waals surface area contributed by atoms with Crippen molar-refractivity contribution in [2.75, 3.05) is 10.6 Å². The molecule has 3 heteroatoms. The Hall–Kier alpha value is -2.29. The van der Waals surface area contributed by atoms with Gasteiger partial charge in [0.05, 0.1) is 0 Å². The molecule has 0 radical (unpaired) electrons. The molecule has 0 saturated carbocycles. The number of carbonyl (C=O) groups excluding carboxylic acids is 1. The predicted molar refractivity (Wildman–Crippen MR) is 98.2 cm³/mol. The number of hydrogen-bond donors (Lipinski definition) is 2. The van der Waals surface area contributed by atoms with Crippen LogP contribution in [-0.4, -0.2) is 11.9 Å². The van der Waals surface area contributed by atoms with E-state index in [0.29, 0.717) is 5.92 Å². The lowest BCUT2D eigenvalue weighted by Crippen LogP contribution is -2.31. The van der Waals surface area contributed by atoms with E-state index in [4.69, 9.17) is 0 Å². The summed E-state index contributed by atoms with van der Waals surface area (Å²) in [4.78, 5) is 12.3. The van der Waals surface area contributed by atoms with Crippen LogP contribution >= 0.6 is 0 Å². The van der Waals surface area contributed by atoms with Crippen molar-refractivity contribution < 1.29 is 4.79 Å². The van der Waals surface area contributed by atoms with E-state index in [9.17, 15) is 4.79 Å². The van der Waals surface area contributed by atoms with Gasteiger partial charge in [0.25, 0.3) is 0 Å². The summed E-state index contributed by atoms with van der Waals surface area (Å²) < 4.78 is 0. The molecule has 2 rings (SSSR count). The summed E-state index contributed by atoms with van der Waals surface area (Å²) in [5.41, 5.74) is 5.48. The SMILES string of the molecule is Cc1ccc(NC(=O)C(C)Nc2ccc(C(C)C)cc2)cc1C. The number of amides is 1. The summed E-state index contributed by atoms with van der Waals surface area (Å²) in [7, 11) is 0. The van der Waals surface area contributed by atoms with E-state index >= 15 is 0 Å². The number of aryl methyl sites for hydroxylation is 2. The summed E-state index contributed by atoms with van der Waals surface area (Å²) in [5.74, 6) is 0.468. The molecule has 0 aliphatic heterocycles. The molecule has 2 aromatic rings. The number of benzene rings is 2. The van der Waals surface area contributed by atoms with E-state index in [1.807, 2.05) is 44.2 Å². The number of carbonyl (C=O) groups is 1. The molecule has 0 saturated heterocycles. The van der Waals surface area contributed by atoms with Gasteiger partial charge >= 0.3 is 0 Å². The molecule has 0 spiro atoms. The first kappa shape index (κ1) is 17.1. The molecule has 0 aliphatic carbocycles. The molecule has 1 atom stereocenters. The van der Waals surface area contributed by atoms with Gasteiger partial charge in [0.1, 0.15) is 6.04 Å². The fourth-order valence-corrected chi connectivity index (χ4v) is 2.35. The molecular weight excluding hydrogens is 284 g/mol. The summed E-state index contributed by atoms with van der Waals surface area (Å²) in [6, 6.07) is 13.9. The summed E-state index contributed by atoms with van der Waals surface area (Å²) >= 11 is 0. The Labute approximate surface area is 139 Å². The molecule has 1 unspecified atom stereocenters. The van der Waals surface area contributed by atoms with Crippen LogP contribution in [0.25, 0.3) is 0 Å². The maximum atomic E-state index is 12.3. The quantitative estimate of drug-likeness (QED) is 0.827. The van der Waals surface area contributed by atoms with Gasteiger partial charge in [-0.25, -0.2) is 0 Å². The second-order valence-electron chi connectivity index (χ2n) is 6.43. The fourth-order valence-electron chi connectivity index (χ4n) is 2.35. The maximum Gasteiger partial charge on any atom is 0.246 e. The van der Waals surface area contributed by atoms with Crippen LogP contribution in [0, 0.1) is 13.8 Å². The summed E-state index contributed by atoms with van der Waals surface area (Å²) in [6.07, 6.45) is 0. The van der Waals surface area contributed by atoms with E-state index in [0.717, 1.165) is 11.4 Å². The molecule has 0 heterocycles. The van der Waals surface area contributed by atoms with Crippen LogP contribution in [0.5, 0.6) is 0 Å². The highest BCUT2D eigenvalue weighted by Gasteiger charge is 2.13. The second-order valence-corrected chi connectivity index (χ2v) is 6.43. The molecule has 1 amide bonds. The molecule has 2 aromatic carbocycles. The van der Waals surface area contributed by atoms with Crippen molar-refractivity contribution in [1.82, 2.24) is 0 Å². The van der Waals surface area contributed by atoms with Gasteiger partial charge in [-0.05, 0) is 67.6 Å². The molecule has 2 N–H and O–H groups in total. The van der Waals surface area contributed by atoms with Crippen molar-refractivity contribution in [2.24, 2.45) is 0 Å². The van der Waals surface area contributed by atoms with Crippen LogP contribution in [0.15, 0.2) is 42.5 Å². The molecule has 0 aromatic heterocycles. The summed E-state index contributed by atoms with van der Waals surface area (Å²) in [6.45, 7) is 10.3. The van der Waals surface area contributed by atoms with E-state index in [1.54, 1.807) is 0 Å². The summed E-state index contributed by atoms with van der Waals surface area (Å²) in [5, 5.41) is 6.20. The van der Waals surface area contributed by atoms with Gasteiger partial charge in [0.15, 0.2) is 0 Å². The van der Waals surface area contributed by atoms with Crippen LogP contribution in [0.3, 0.4) is 0 Å². The first-order chi connectivity index (χ1) is 10.9. The molecule has 23 heavy (non-hydrogen) atoms. The zero-order valence-electron chi connectivity index (χ0n) is 14.6. The standard InChI is InChI=1S/C20H26N2O/c1-13(2)17-7-10-18(11-8-17)21-16(5)20(23)22-19-9-6-14(3)15(4)12-19/h6-13,16,21H,1-5H3,(H,22,23). The Morgan fingerprint density at radius 1 is 0.870 bits per heavy atom. The van der Waals surface area contributed by atoms with Crippen LogP contribution in [-0.2, 0) is 4.79 Å². The van der Waals surface area contributed by atoms with E-state index in [-0.39, 0.29) is 11.9 Å². The highest BCUT2D eigenvalue weighted by molar-refractivity contribution is 5.96. The van der Waals surface area contributed by atoms with E-state index < -0.39 is 0 Å². The average molecular weight is 310 g/mol. The minimum absolute atomic E-state index is 0.0406. The maximum absolute atomic E-state index is 12.3. The minimum atomic E-state index is -0.304. The highest BCUT2D eigenvalue weighted by Crippen LogP contribution is 2.18. The molecule has 3 nitrogen and oxygen atoms in total. The Morgan fingerprint density at radius 3 is 2.04 bits per heavy atom. The van der Waals surface area contributed by atoms with Crippen molar-refractivity contribution in [1.29, 1.82) is 0 Å². The van der Waals surface area contributed by atoms with Crippen molar-refractivity contribution in [2.45, 2.75) is 46.6 Å². The van der Waals surface area contributed by atoms with Crippen molar-refractivity contribution in [3.8, 4) is 0 Å². The van der Waals surface area contributed by atoms with Gasteiger partial charge in [-0.2, -0.15) is 0 Å². The normalized spacial score (nSPS) is 12.1. The number of hydrogen-bond acceptors (Lipinski definition) is 2. The zero-order chi connectivity index (χ0) is 17.0. The highest BCUT2D eigenvalue weighted by atomic mass is 16.2. The second kappa shape index (κ2) is 7.32. The monoisotopic (exact) mass is 310 g/mol. The third-order valence-electron chi connectivity index (χ3n) is 4.13. The lowest BCUT2D eigenvalue weighted by Gasteiger charge is -2.16. The van der Waals surface area contributed by atoms with Gasteiger partial charge < -0.3 is 10.6 Å². The third kappa shape index (κ3) is 4.59. The van der Waals surface area contributed by atoms with Gasteiger partial charge in [-0.15, -0.1) is 0 Å². The average Bonchev–Trinajstić information content (AvgIpc) is 2.51. The van der Waals surface area contributed by atoms with Crippen LogP contribution in [0.4, 0.5) is 11.4 Å². The first-order valence-electron chi connectivity index (χ1n) is 8.11. The van der Waals surface area contributed by atoms with Crippen molar-refractivity contribution in [3.63, 3.8) is 0 Å². The van der Waals surface area contributed by atoms with Crippen molar-refractivity contribution in [3.05, 3.63) is 59.2 Å². The van der Waals surface area contributed by atoms with Gasteiger partial charge in [0, 0.05) is 11.4 Å².